The summed E-state index contributed by atoms with van der Waals surface area (Å²) in [4.78, 5) is 12.9. The van der Waals surface area contributed by atoms with Crippen LogP contribution in [-0.2, 0) is 11.3 Å². The first-order valence-corrected chi connectivity index (χ1v) is 5.98. The van der Waals surface area contributed by atoms with Crippen molar-refractivity contribution in [2.24, 2.45) is 0 Å². The summed E-state index contributed by atoms with van der Waals surface area (Å²) in [6, 6.07) is 3.17. The van der Waals surface area contributed by atoms with Gasteiger partial charge >= 0.3 is 5.97 Å². The Balaban J connectivity index is 2.10. The van der Waals surface area contributed by atoms with E-state index in [1.807, 2.05) is 0 Å². The molecule has 3 nitrogen and oxygen atoms in total. The predicted octanol–water partition coefficient (Wildman–Crippen LogP) is 2.40. The van der Waals surface area contributed by atoms with Crippen molar-refractivity contribution < 1.29 is 18.7 Å². The van der Waals surface area contributed by atoms with Crippen LogP contribution in [0.25, 0.3) is 0 Å². The van der Waals surface area contributed by atoms with E-state index in [0.29, 0.717) is 25.1 Å². The average Bonchev–Trinajstić information content (AvgIpc) is 2.34. The van der Waals surface area contributed by atoms with Crippen molar-refractivity contribution in [3.8, 4) is 0 Å². The highest BCUT2D eigenvalue weighted by Gasteiger charge is 2.28. The molecule has 2 rings (SSSR count). The van der Waals surface area contributed by atoms with Crippen molar-refractivity contribution in [1.29, 1.82) is 0 Å². The number of benzene rings is 1. The lowest BCUT2D eigenvalue weighted by Gasteiger charge is -2.32. The fraction of sp³-hybridized carbons (Fsp3) is 0.462. The molecule has 0 amide bonds. The van der Waals surface area contributed by atoms with Crippen LogP contribution in [0.3, 0.4) is 0 Å². The van der Waals surface area contributed by atoms with E-state index in [2.05, 4.69) is 0 Å². The normalized spacial score (nSPS) is 20.9. The second-order valence-electron chi connectivity index (χ2n) is 4.57. The topological polar surface area (TPSA) is 40.5 Å². The van der Waals surface area contributed by atoms with Gasteiger partial charge in [0.25, 0.3) is 0 Å². The van der Waals surface area contributed by atoms with E-state index in [9.17, 15) is 13.6 Å². The maximum Gasteiger partial charge on any atom is 0.320 e. The molecule has 0 aromatic heterocycles. The van der Waals surface area contributed by atoms with Crippen LogP contribution in [0.5, 0.6) is 0 Å². The van der Waals surface area contributed by atoms with Crippen molar-refractivity contribution in [2.45, 2.75) is 31.8 Å². The number of nitrogens with zero attached hydrogens (tertiary/aromatic N) is 1. The highest BCUT2D eigenvalue weighted by molar-refractivity contribution is 5.73. The van der Waals surface area contributed by atoms with Crippen molar-refractivity contribution in [3.63, 3.8) is 0 Å². The smallest absolute Gasteiger partial charge is 0.320 e. The van der Waals surface area contributed by atoms with Crippen LogP contribution in [0.2, 0.25) is 0 Å². The van der Waals surface area contributed by atoms with Crippen molar-refractivity contribution >= 4 is 5.97 Å². The average molecular weight is 255 g/mol. The third-order valence-corrected chi connectivity index (χ3v) is 3.27. The molecule has 1 aromatic carbocycles. The molecular weight excluding hydrogens is 240 g/mol. The molecule has 1 saturated heterocycles. The van der Waals surface area contributed by atoms with Gasteiger partial charge in [-0.3, -0.25) is 9.69 Å². The van der Waals surface area contributed by atoms with E-state index < -0.39 is 23.6 Å². The Bertz CT molecular complexity index is 451. The van der Waals surface area contributed by atoms with Gasteiger partial charge in [0.1, 0.15) is 6.04 Å². The molecule has 1 aliphatic rings. The summed E-state index contributed by atoms with van der Waals surface area (Å²) in [6.07, 6.45) is 2.44. The number of carbonyl (C=O) groups is 1. The summed E-state index contributed by atoms with van der Waals surface area (Å²) in [7, 11) is 0. The predicted molar refractivity (Wildman–Crippen MR) is 62.0 cm³/mol. The van der Waals surface area contributed by atoms with E-state index >= 15 is 0 Å². The first-order chi connectivity index (χ1) is 8.58. The molecule has 18 heavy (non-hydrogen) atoms. The van der Waals surface area contributed by atoms with E-state index in [-0.39, 0.29) is 0 Å². The minimum atomic E-state index is -0.892. The van der Waals surface area contributed by atoms with Crippen molar-refractivity contribution in [1.82, 2.24) is 4.90 Å². The summed E-state index contributed by atoms with van der Waals surface area (Å²) in [5, 5.41) is 9.11. The second kappa shape index (κ2) is 5.44. The van der Waals surface area contributed by atoms with Gasteiger partial charge < -0.3 is 5.11 Å². The van der Waals surface area contributed by atoms with E-state index in [1.54, 1.807) is 4.90 Å². The van der Waals surface area contributed by atoms with Crippen LogP contribution in [0.15, 0.2) is 18.2 Å². The molecule has 1 aromatic rings. The number of rotatable bonds is 3. The SMILES string of the molecule is O=C(O)[C@@H]1CCCCN1Cc1ccc(F)c(F)c1. The molecule has 1 atom stereocenters. The van der Waals surface area contributed by atoms with Gasteiger partial charge in [-0.1, -0.05) is 12.5 Å². The fourth-order valence-corrected chi connectivity index (χ4v) is 2.33. The lowest BCUT2D eigenvalue weighted by molar-refractivity contribution is -0.144. The zero-order valence-electron chi connectivity index (χ0n) is 9.90. The van der Waals surface area contributed by atoms with Crippen LogP contribution >= 0.6 is 0 Å². The molecule has 1 N–H and O–H groups in total. The molecule has 0 spiro atoms. The minimum absolute atomic E-state index is 0.341. The van der Waals surface area contributed by atoms with Gasteiger partial charge in [0.05, 0.1) is 0 Å². The van der Waals surface area contributed by atoms with Crippen LogP contribution in [0, 0.1) is 11.6 Å². The third-order valence-electron chi connectivity index (χ3n) is 3.27. The molecule has 0 bridgehead atoms. The lowest BCUT2D eigenvalue weighted by Crippen LogP contribution is -2.44. The molecule has 5 heteroatoms. The van der Waals surface area contributed by atoms with Crippen LogP contribution < -0.4 is 0 Å². The highest BCUT2D eigenvalue weighted by Crippen LogP contribution is 2.20. The maximum absolute atomic E-state index is 13.1. The van der Waals surface area contributed by atoms with Crippen LogP contribution in [0.4, 0.5) is 8.78 Å². The van der Waals surface area contributed by atoms with Gasteiger partial charge in [0, 0.05) is 6.54 Å². The summed E-state index contributed by atoms with van der Waals surface area (Å²) in [5.74, 6) is -2.62. The Morgan fingerprint density at radius 1 is 1.33 bits per heavy atom. The lowest BCUT2D eigenvalue weighted by atomic mass is 10.0. The van der Waals surface area contributed by atoms with Gasteiger partial charge in [-0.25, -0.2) is 8.78 Å². The molecular formula is C13H15F2NO2. The molecule has 0 radical (unpaired) electrons. The van der Waals surface area contributed by atoms with Crippen molar-refractivity contribution in [2.75, 3.05) is 6.54 Å². The molecule has 1 heterocycles. The van der Waals surface area contributed by atoms with Crippen LogP contribution in [-0.4, -0.2) is 28.6 Å². The van der Waals surface area contributed by atoms with Gasteiger partial charge in [-0.2, -0.15) is 0 Å². The van der Waals surface area contributed by atoms with Gasteiger partial charge in [-0.05, 0) is 37.1 Å². The Hall–Kier alpha value is -1.49. The maximum atomic E-state index is 13.1. The van der Waals surface area contributed by atoms with E-state index in [0.717, 1.165) is 25.0 Å². The van der Waals surface area contributed by atoms with E-state index in [1.165, 1.54) is 6.07 Å². The summed E-state index contributed by atoms with van der Waals surface area (Å²) in [5.41, 5.74) is 0.599. The first-order valence-electron chi connectivity index (χ1n) is 5.98. The fourth-order valence-electron chi connectivity index (χ4n) is 2.33. The van der Waals surface area contributed by atoms with Gasteiger partial charge in [0.2, 0.25) is 0 Å². The highest BCUT2D eigenvalue weighted by atomic mass is 19.2. The number of piperidine rings is 1. The number of aliphatic carboxylic acids is 1. The molecule has 98 valence electrons. The molecule has 0 unspecified atom stereocenters. The number of carboxylic acids is 1. The second-order valence-corrected chi connectivity index (χ2v) is 4.57. The zero-order chi connectivity index (χ0) is 13.1. The van der Waals surface area contributed by atoms with E-state index in [4.69, 9.17) is 5.11 Å². The largest absolute Gasteiger partial charge is 0.480 e. The van der Waals surface area contributed by atoms with Gasteiger partial charge in [-0.15, -0.1) is 0 Å². The number of hydrogen-bond donors (Lipinski definition) is 1. The molecule has 0 aliphatic carbocycles. The number of halogens is 2. The number of likely N-dealkylation sites (tertiary alicyclic amines) is 1. The minimum Gasteiger partial charge on any atom is -0.480 e. The van der Waals surface area contributed by atoms with Crippen LogP contribution in [0.1, 0.15) is 24.8 Å². The number of carboxylic acid groups (broad SMARTS) is 1. The molecule has 0 saturated carbocycles. The summed E-state index contributed by atoms with van der Waals surface area (Å²) < 4.78 is 25.9. The number of hydrogen-bond acceptors (Lipinski definition) is 2. The Labute approximate surface area is 104 Å². The standard InChI is InChI=1S/C13H15F2NO2/c14-10-5-4-9(7-11(10)15)8-16-6-2-1-3-12(16)13(17)18/h4-5,7,12H,1-3,6,8H2,(H,17,18)/t12-/m0/s1. The Kier molecular flexibility index (Phi) is 3.91. The van der Waals surface area contributed by atoms with Gasteiger partial charge in [0.15, 0.2) is 11.6 Å². The molecule has 1 aliphatic heterocycles. The first kappa shape index (κ1) is 13.0. The zero-order valence-corrected chi connectivity index (χ0v) is 9.90. The third kappa shape index (κ3) is 2.85. The Morgan fingerprint density at radius 3 is 2.78 bits per heavy atom. The Morgan fingerprint density at radius 2 is 2.11 bits per heavy atom. The quantitative estimate of drug-likeness (QED) is 0.901. The summed E-state index contributed by atoms with van der Waals surface area (Å²) in [6.45, 7) is 1.02. The summed E-state index contributed by atoms with van der Waals surface area (Å²) >= 11 is 0. The monoisotopic (exact) mass is 255 g/mol. The molecule has 1 fully saturated rings. The van der Waals surface area contributed by atoms with Crippen molar-refractivity contribution in [3.05, 3.63) is 35.4 Å².